The van der Waals surface area contributed by atoms with Gasteiger partial charge >= 0.3 is 5.97 Å². The van der Waals surface area contributed by atoms with Gasteiger partial charge in [-0.15, -0.1) is 11.8 Å². The number of nitrogens with one attached hydrogen (secondary N) is 1. The van der Waals surface area contributed by atoms with Gasteiger partial charge in [0.25, 0.3) is 5.91 Å². The molecule has 3 amide bonds. The number of nitrogens with two attached hydrogens (primary N) is 1. The number of carbonyl (C=O) groups excluding carboxylic acids is 4. The van der Waals surface area contributed by atoms with Crippen molar-refractivity contribution >= 4 is 51.2 Å². The fourth-order valence-electron chi connectivity index (χ4n) is 2.84. The van der Waals surface area contributed by atoms with Gasteiger partial charge in [0.1, 0.15) is 0 Å². The number of nitrogens with zero attached hydrogens (tertiary/aromatic N) is 1. The highest BCUT2D eigenvalue weighted by Crippen LogP contribution is 2.33. The molecule has 0 spiro atoms. The third-order valence-corrected chi connectivity index (χ3v) is 6.71. The summed E-state index contributed by atoms with van der Waals surface area (Å²) in [6.07, 6.45) is 0.0377. The normalized spacial score (nSPS) is 16.2. The molecular formula is C20H19N3O7S2. The van der Waals surface area contributed by atoms with Crippen LogP contribution in [0.2, 0.25) is 0 Å². The zero-order chi connectivity index (χ0) is 23.5. The summed E-state index contributed by atoms with van der Waals surface area (Å²) in [5.41, 5.74) is 0.459. The Kier molecular flexibility index (Phi) is 6.96. The molecule has 1 aliphatic rings. The maximum Gasteiger partial charge on any atom is 0.339 e. The molecule has 1 fully saturated rings. The molecule has 0 radical (unpaired) electrons. The molecule has 32 heavy (non-hydrogen) atoms. The van der Waals surface area contributed by atoms with Crippen molar-refractivity contribution in [3.63, 3.8) is 0 Å². The summed E-state index contributed by atoms with van der Waals surface area (Å²) in [5.74, 6) is -2.03. The van der Waals surface area contributed by atoms with Crippen molar-refractivity contribution in [2.45, 2.75) is 21.5 Å². The minimum atomic E-state index is -3.85. The van der Waals surface area contributed by atoms with Crippen molar-refractivity contribution in [3.05, 3.63) is 54.1 Å². The minimum absolute atomic E-state index is 0.0377. The second kappa shape index (κ2) is 9.51. The molecule has 3 N–H and O–H groups in total. The smallest absolute Gasteiger partial charge is 0.339 e. The van der Waals surface area contributed by atoms with E-state index in [2.05, 4.69) is 5.32 Å². The fraction of sp³-hybridized carbons (Fsp3) is 0.200. The van der Waals surface area contributed by atoms with E-state index in [9.17, 15) is 27.6 Å². The van der Waals surface area contributed by atoms with Crippen LogP contribution >= 0.6 is 11.8 Å². The lowest BCUT2D eigenvalue weighted by Crippen LogP contribution is -2.26. The Bertz CT molecular complexity index is 1180. The molecule has 0 aliphatic carbocycles. The van der Waals surface area contributed by atoms with Crippen LogP contribution in [0.25, 0.3) is 0 Å². The summed E-state index contributed by atoms with van der Waals surface area (Å²) in [5, 5.41) is 6.85. The molecule has 0 bridgehead atoms. The van der Waals surface area contributed by atoms with Crippen LogP contribution in [0.4, 0.5) is 5.69 Å². The van der Waals surface area contributed by atoms with E-state index in [1.807, 2.05) is 0 Å². The van der Waals surface area contributed by atoms with E-state index < -0.39 is 33.8 Å². The highest BCUT2D eigenvalue weighted by Gasteiger charge is 2.37. The number of primary sulfonamides is 1. The molecular weight excluding hydrogens is 458 g/mol. The van der Waals surface area contributed by atoms with E-state index >= 15 is 0 Å². The number of sulfonamides is 1. The number of thioether (sulfide) groups is 1. The van der Waals surface area contributed by atoms with Crippen molar-refractivity contribution in [3.8, 4) is 0 Å². The Balaban J connectivity index is 1.60. The minimum Gasteiger partial charge on any atom is -0.452 e. The first-order valence-corrected chi connectivity index (χ1v) is 11.6. The van der Waals surface area contributed by atoms with Gasteiger partial charge in [-0.25, -0.2) is 18.4 Å². The first-order valence-electron chi connectivity index (χ1n) is 9.22. The number of rotatable bonds is 7. The highest BCUT2D eigenvalue weighted by atomic mass is 32.2. The Morgan fingerprint density at radius 1 is 1.16 bits per heavy atom. The summed E-state index contributed by atoms with van der Waals surface area (Å²) in [6, 6.07) is 11.6. The second-order valence-corrected chi connectivity index (χ2v) is 9.60. The molecule has 3 rings (SSSR count). The Morgan fingerprint density at radius 3 is 2.41 bits per heavy atom. The van der Waals surface area contributed by atoms with Crippen LogP contribution in [0, 0.1) is 0 Å². The number of likely N-dealkylation sites (tertiary alicyclic amines) is 1. The van der Waals surface area contributed by atoms with Crippen LogP contribution in [0.1, 0.15) is 16.8 Å². The largest absolute Gasteiger partial charge is 0.452 e. The van der Waals surface area contributed by atoms with Crippen molar-refractivity contribution < 1.29 is 32.3 Å². The van der Waals surface area contributed by atoms with Crippen molar-refractivity contribution in [1.82, 2.24) is 4.90 Å². The number of hydrogen-bond donors (Lipinski definition) is 2. The summed E-state index contributed by atoms with van der Waals surface area (Å²) >= 11 is 1.09. The first-order chi connectivity index (χ1) is 15.1. The molecule has 0 saturated carbocycles. The molecule has 1 saturated heterocycles. The van der Waals surface area contributed by atoms with E-state index in [0.717, 1.165) is 16.7 Å². The van der Waals surface area contributed by atoms with Crippen molar-refractivity contribution in [2.24, 2.45) is 5.14 Å². The molecule has 1 aliphatic heterocycles. The molecule has 12 heteroatoms. The van der Waals surface area contributed by atoms with E-state index in [1.165, 1.54) is 37.4 Å². The zero-order valence-corrected chi connectivity index (χ0v) is 18.4. The number of hydrogen-bond acceptors (Lipinski definition) is 8. The van der Waals surface area contributed by atoms with E-state index in [4.69, 9.17) is 9.88 Å². The standard InChI is InChI=1S/C20H19N3O7S2/c1-23-18(25)10-16(19(23)26)31-15-5-3-2-4-14(15)20(27)30-11-17(24)22-12-6-8-13(9-7-12)32(21,28)29/h2-9,16H,10-11H2,1H3,(H,22,24)(H2,21,28,29). The first kappa shape index (κ1) is 23.4. The van der Waals surface area contributed by atoms with Crippen LogP contribution in [0.3, 0.4) is 0 Å². The van der Waals surface area contributed by atoms with Crippen LogP contribution in [-0.4, -0.2) is 55.9 Å². The molecule has 2 aromatic rings. The van der Waals surface area contributed by atoms with E-state index in [-0.39, 0.29) is 28.7 Å². The topological polar surface area (TPSA) is 153 Å². The lowest BCUT2D eigenvalue weighted by molar-refractivity contribution is -0.136. The molecule has 1 heterocycles. The summed E-state index contributed by atoms with van der Waals surface area (Å²) in [7, 11) is -2.44. The van der Waals surface area contributed by atoms with Crippen LogP contribution in [0.15, 0.2) is 58.3 Å². The second-order valence-electron chi connectivity index (χ2n) is 6.79. The molecule has 2 aromatic carbocycles. The van der Waals surface area contributed by atoms with Gasteiger partial charge in [-0.2, -0.15) is 0 Å². The molecule has 0 aromatic heterocycles. The Morgan fingerprint density at radius 2 is 1.81 bits per heavy atom. The van der Waals surface area contributed by atoms with Gasteiger partial charge in [0.05, 0.1) is 15.7 Å². The maximum atomic E-state index is 12.5. The third-order valence-electron chi connectivity index (χ3n) is 4.52. The predicted octanol–water partition coefficient (Wildman–Crippen LogP) is 0.979. The lowest BCUT2D eigenvalue weighted by Gasteiger charge is -2.12. The molecule has 1 unspecified atom stereocenters. The van der Waals surface area contributed by atoms with Crippen molar-refractivity contribution in [1.29, 1.82) is 0 Å². The average molecular weight is 478 g/mol. The summed E-state index contributed by atoms with van der Waals surface area (Å²) in [6.45, 7) is -0.585. The average Bonchev–Trinajstić information content (AvgIpc) is 2.98. The number of amides is 3. The molecule has 10 nitrogen and oxygen atoms in total. The third kappa shape index (κ3) is 5.52. The van der Waals surface area contributed by atoms with Crippen LogP contribution < -0.4 is 10.5 Å². The van der Waals surface area contributed by atoms with Gasteiger partial charge in [0.2, 0.25) is 21.8 Å². The molecule has 168 valence electrons. The fourth-order valence-corrected chi connectivity index (χ4v) is 4.58. The highest BCUT2D eigenvalue weighted by molar-refractivity contribution is 8.00. The summed E-state index contributed by atoms with van der Waals surface area (Å²) < 4.78 is 27.6. The SMILES string of the molecule is CN1C(=O)CC(Sc2ccccc2C(=O)OCC(=O)Nc2ccc(S(N)(=O)=O)cc2)C1=O. The Labute approximate surface area is 188 Å². The number of benzene rings is 2. The van der Waals surface area contributed by atoms with Crippen LogP contribution in [0.5, 0.6) is 0 Å². The Hall–Kier alpha value is -3.22. The zero-order valence-electron chi connectivity index (χ0n) is 16.8. The lowest BCUT2D eigenvalue weighted by atomic mass is 10.2. The van der Waals surface area contributed by atoms with Gasteiger partial charge in [0.15, 0.2) is 6.61 Å². The van der Waals surface area contributed by atoms with Gasteiger partial charge < -0.3 is 10.1 Å². The number of esters is 1. The van der Waals surface area contributed by atoms with Crippen molar-refractivity contribution in [2.75, 3.05) is 19.0 Å². The number of anilines is 1. The van der Waals surface area contributed by atoms with Gasteiger partial charge in [-0.3, -0.25) is 19.3 Å². The number of imide groups is 1. The van der Waals surface area contributed by atoms with Gasteiger partial charge in [-0.1, -0.05) is 12.1 Å². The number of ether oxygens (including phenoxy) is 1. The van der Waals surface area contributed by atoms with E-state index in [0.29, 0.717) is 10.6 Å². The summed E-state index contributed by atoms with van der Waals surface area (Å²) in [4.78, 5) is 49.9. The van der Waals surface area contributed by atoms with Crippen LogP contribution in [-0.2, 0) is 29.1 Å². The molecule has 1 atom stereocenters. The van der Waals surface area contributed by atoms with E-state index in [1.54, 1.807) is 18.2 Å². The predicted molar refractivity (Wildman–Crippen MR) is 115 cm³/mol. The van der Waals surface area contributed by atoms with Gasteiger partial charge in [0, 0.05) is 24.1 Å². The van der Waals surface area contributed by atoms with Gasteiger partial charge in [-0.05, 0) is 36.4 Å². The number of carbonyl (C=O) groups is 4. The quantitative estimate of drug-likeness (QED) is 0.442. The maximum absolute atomic E-state index is 12.5. The monoisotopic (exact) mass is 477 g/mol.